The number of carbonyl (C=O) groups excluding carboxylic acids is 2. The molecule has 0 aliphatic carbocycles. The molecule has 8 heteroatoms. The first-order chi connectivity index (χ1) is 16.7. The van der Waals surface area contributed by atoms with Crippen molar-refractivity contribution in [2.24, 2.45) is 5.92 Å². The SMILES string of the molecule is CC(C)COc1cccc(/C(O)=C2\C(=O)C(=O)N(c3ccc(Cl)c(Cl)c3)C2c2cccc(O)c2)c1. The van der Waals surface area contributed by atoms with E-state index in [9.17, 15) is 19.8 Å². The number of ether oxygens (including phenoxy) is 1. The van der Waals surface area contributed by atoms with E-state index in [-0.39, 0.29) is 22.1 Å². The van der Waals surface area contributed by atoms with Crippen molar-refractivity contribution in [1.29, 1.82) is 0 Å². The fraction of sp³-hybridized carbons (Fsp3) is 0.185. The molecule has 1 amide bonds. The molecular formula is C27H23Cl2NO5. The van der Waals surface area contributed by atoms with E-state index >= 15 is 0 Å². The maximum absolute atomic E-state index is 13.3. The van der Waals surface area contributed by atoms with Crippen LogP contribution in [0.4, 0.5) is 5.69 Å². The van der Waals surface area contributed by atoms with Crippen LogP contribution < -0.4 is 9.64 Å². The van der Waals surface area contributed by atoms with Gasteiger partial charge in [0.2, 0.25) is 0 Å². The number of aliphatic hydroxyl groups excluding tert-OH is 1. The Balaban J connectivity index is 1.88. The Kier molecular flexibility index (Phi) is 7.05. The highest BCUT2D eigenvalue weighted by Gasteiger charge is 2.47. The molecule has 1 aliphatic rings. The molecule has 1 unspecified atom stereocenters. The summed E-state index contributed by atoms with van der Waals surface area (Å²) in [5.41, 5.74) is 0.961. The van der Waals surface area contributed by atoms with Crippen LogP contribution in [-0.4, -0.2) is 28.5 Å². The maximum Gasteiger partial charge on any atom is 0.300 e. The molecule has 0 aromatic heterocycles. The number of phenolic OH excluding ortho intramolecular Hbond substituents is 1. The number of ketones is 1. The van der Waals surface area contributed by atoms with Crippen molar-refractivity contribution in [3.8, 4) is 11.5 Å². The molecule has 3 aromatic rings. The van der Waals surface area contributed by atoms with Gasteiger partial charge in [-0.05, 0) is 53.9 Å². The van der Waals surface area contributed by atoms with Gasteiger partial charge in [0.05, 0.1) is 28.3 Å². The average Bonchev–Trinajstić information content (AvgIpc) is 3.09. The van der Waals surface area contributed by atoms with Crippen molar-refractivity contribution in [3.63, 3.8) is 0 Å². The van der Waals surface area contributed by atoms with Crippen LogP contribution in [0.1, 0.15) is 31.0 Å². The third kappa shape index (κ3) is 4.99. The lowest BCUT2D eigenvalue weighted by Crippen LogP contribution is -2.29. The van der Waals surface area contributed by atoms with Gasteiger partial charge in [0.25, 0.3) is 11.7 Å². The summed E-state index contributed by atoms with van der Waals surface area (Å²) >= 11 is 12.2. The number of amides is 1. The molecule has 6 nitrogen and oxygen atoms in total. The Hall–Kier alpha value is -3.48. The topological polar surface area (TPSA) is 87.1 Å². The number of phenols is 1. The molecule has 0 radical (unpaired) electrons. The minimum atomic E-state index is -1.01. The molecule has 2 N–H and O–H groups in total. The Morgan fingerprint density at radius 2 is 1.74 bits per heavy atom. The van der Waals surface area contributed by atoms with E-state index in [0.29, 0.717) is 40.1 Å². The van der Waals surface area contributed by atoms with E-state index in [2.05, 4.69) is 0 Å². The lowest BCUT2D eigenvalue weighted by molar-refractivity contribution is -0.132. The second kappa shape index (κ2) is 10.0. The van der Waals surface area contributed by atoms with Gasteiger partial charge < -0.3 is 14.9 Å². The first kappa shape index (κ1) is 24.6. The maximum atomic E-state index is 13.3. The first-order valence-corrected chi connectivity index (χ1v) is 11.7. The zero-order chi connectivity index (χ0) is 25.3. The Morgan fingerprint density at radius 1 is 1.00 bits per heavy atom. The highest BCUT2D eigenvalue weighted by Crippen LogP contribution is 2.44. The number of benzene rings is 3. The second-order valence-corrected chi connectivity index (χ2v) is 9.41. The van der Waals surface area contributed by atoms with Crippen molar-refractivity contribution in [2.45, 2.75) is 19.9 Å². The van der Waals surface area contributed by atoms with Gasteiger partial charge in [-0.15, -0.1) is 0 Å². The average molecular weight is 512 g/mol. The van der Waals surface area contributed by atoms with Gasteiger partial charge in [-0.3, -0.25) is 14.5 Å². The monoisotopic (exact) mass is 511 g/mol. The predicted molar refractivity (Wildman–Crippen MR) is 136 cm³/mol. The minimum absolute atomic E-state index is 0.0497. The highest BCUT2D eigenvalue weighted by molar-refractivity contribution is 6.52. The van der Waals surface area contributed by atoms with Crippen molar-refractivity contribution in [3.05, 3.63) is 93.5 Å². The molecular weight excluding hydrogens is 489 g/mol. The highest BCUT2D eigenvalue weighted by atomic mass is 35.5. The smallest absolute Gasteiger partial charge is 0.300 e. The van der Waals surface area contributed by atoms with Gasteiger partial charge >= 0.3 is 0 Å². The first-order valence-electron chi connectivity index (χ1n) is 11.0. The summed E-state index contributed by atoms with van der Waals surface area (Å²) in [4.78, 5) is 27.7. The predicted octanol–water partition coefficient (Wildman–Crippen LogP) is 6.36. The van der Waals surface area contributed by atoms with Gasteiger partial charge in [0, 0.05) is 11.3 Å². The summed E-state index contributed by atoms with van der Waals surface area (Å²) < 4.78 is 5.75. The molecule has 4 rings (SSSR count). The third-order valence-electron chi connectivity index (χ3n) is 5.50. The quantitative estimate of drug-likeness (QED) is 0.228. The van der Waals surface area contributed by atoms with Crippen LogP contribution in [0.3, 0.4) is 0 Å². The van der Waals surface area contributed by atoms with Gasteiger partial charge in [-0.2, -0.15) is 0 Å². The number of carbonyl (C=O) groups is 2. The Morgan fingerprint density at radius 3 is 2.43 bits per heavy atom. The normalized spacial score (nSPS) is 17.3. The van der Waals surface area contributed by atoms with Gasteiger partial charge in [0.1, 0.15) is 17.3 Å². The number of rotatable bonds is 6. The van der Waals surface area contributed by atoms with Crippen LogP contribution in [0.25, 0.3) is 5.76 Å². The number of anilines is 1. The van der Waals surface area contributed by atoms with E-state index in [1.165, 1.54) is 29.2 Å². The standard InChI is InChI=1S/C27H23Cl2NO5/c1-15(2)14-35-20-8-4-6-17(12-20)25(32)23-24(16-5-3-7-19(31)11-16)30(27(34)26(23)33)18-9-10-21(28)22(29)13-18/h3-13,15,24,31-32H,14H2,1-2H3/b25-23+. The lowest BCUT2D eigenvalue weighted by atomic mass is 9.95. The molecule has 0 bridgehead atoms. The van der Waals surface area contributed by atoms with E-state index in [1.807, 2.05) is 13.8 Å². The fourth-order valence-corrected chi connectivity index (χ4v) is 4.19. The number of aromatic hydroxyl groups is 1. The summed E-state index contributed by atoms with van der Waals surface area (Å²) in [5, 5.41) is 21.9. The number of nitrogens with zero attached hydrogens (tertiary/aromatic N) is 1. The molecule has 1 atom stereocenters. The number of hydrogen-bond donors (Lipinski definition) is 2. The summed E-state index contributed by atoms with van der Waals surface area (Å²) in [6, 6.07) is 16.4. The van der Waals surface area contributed by atoms with E-state index < -0.39 is 17.7 Å². The van der Waals surface area contributed by atoms with E-state index in [1.54, 1.807) is 42.5 Å². The zero-order valence-electron chi connectivity index (χ0n) is 19.0. The zero-order valence-corrected chi connectivity index (χ0v) is 20.5. The molecule has 180 valence electrons. The molecule has 1 aliphatic heterocycles. The van der Waals surface area contributed by atoms with Gasteiger partial charge in [-0.25, -0.2) is 0 Å². The van der Waals surface area contributed by atoms with Crippen LogP contribution in [-0.2, 0) is 9.59 Å². The van der Waals surface area contributed by atoms with E-state index in [4.69, 9.17) is 27.9 Å². The second-order valence-electron chi connectivity index (χ2n) is 8.60. The summed E-state index contributed by atoms with van der Waals surface area (Å²) in [6.07, 6.45) is 0. The van der Waals surface area contributed by atoms with Crippen molar-refractivity contribution < 1.29 is 24.5 Å². The van der Waals surface area contributed by atoms with E-state index in [0.717, 1.165) is 0 Å². The van der Waals surface area contributed by atoms with Crippen LogP contribution >= 0.6 is 23.2 Å². The molecule has 3 aromatic carbocycles. The van der Waals surface area contributed by atoms with Crippen LogP contribution in [0.15, 0.2) is 72.3 Å². The lowest BCUT2D eigenvalue weighted by Gasteiger charge is -2.26. The van der Waals surface area contributed by atoms with Crippen LogP contribution in [0.5, 0.6) is 11.5 Å². The molecule has 1 fully saturated rings. The van der Waals surface area contributed by atoms with Gasteiger partial charge in [0.15, 0.2) is 0 Å². The molecule has 35 heavy (non-hydrogen) atoms. The summed E-state index contributed by atoms with van der Waals surface area (Å²) in [5.74, 6) is -1.29. The van der Waals surface area contributed by atoms with Crippen LogP contribution in [0, 0.1) is 5.92 Å². The number of hydrogen-bond acceptors (Lipinski definition) is 5. The fourth-order valence-electron chi connectivity index (χ4n) is 3.90. The summed E-state index contributed by atoms with van der Waals surface area (Å²) in [6.45, 7) is 4.52. The molecule has 1 saturated heterocycles. The molecule has 0 saturated carbocycles. The van der Waals surface area contributed by atoms with Crippen molar-refractivity contribution in [2.75, 3.05) is 11.5 Å². The largest absolute Gasteiger partial charge is 0.508 e. The van der Waals surface area contributed by atoms with Crippen molar-refractivity contribution in [1.82, 2.24) is 0 Å². The number of aliphatic hydroxyl groups is 1. The van der Waals surface area contributed by atoms with Crippen LogP contribution in [0.2, 0.25) is 10.0 Å². The summed E-state index contributed by atoms with van der Waals surface area (Å²) in [7, 11) is 0. The molecule has 0 spiro atoms. The number of halogens is 2. The Labute approximate surface area is 213 Å². The number of Topliss-reactive ketones (excluding diaryl/α,β-unsaturated/α-hetero) is 1. The minimum Gasteiger partial charge on any atom is -0.508 e. The molecule has 1 heterocycles. The Bertz CT molecular complexity index is 1330. The van der Waals surface area contributed by atoms with Gasteiger partial charge in [-0.1, -0.05) is 61.3 Å². The third-order valence-corrected chi connectivity index (χ3v) is 6.24. The van der Waals surface area contributed by atoms with Crippen molar-refractivity contribution >= 4 is 46.3 Å².